The lowest BCUT2D eigenvalue weighted by atomic mass is 9.90. The first-order valence-corrected chi connectivity index (χ1v) is 9.00. The van der Waals surface area contributed by atoms with Gasteiger partial charge >= 0.3 is 6.03 Å². The van der Waals surface area contributed by atoms with Crippen molar-refractivity contribution < 1.29 is 4.79 Å². The van der Waals surface area contributed by atoms with Crippen LogP contribution in [0, 0.1) is 0 Å². The number of thiazole rings is 1. The van der Waals surface area contributed by atoms with Crippen molar-refractivity contribution in [1.29, 1.82) is 0 Å². The summed E-state index contributed by atoms with van der Waals surface area (Å²) < 4.78 is 0. The number of hydrogen-bond donors (Lipinski definition) is 1. The molecule has 2 aromatic rings. The van der Waals surface area contributed by atoms with Crippen molar-refractivity contribution in [2.24, 2.45) is 0 Å². The molecule has 0 bridgehead atoms. The number of hydrogen-bond acceptors (Lipinski definition) is 4. The van der Waals surface area contributed by atoms with Gasteiger partial charge in [0.05, 0.1) is 17.2 Å². The van der Waals surface area contributed by atoms with E-state index < -0.39 is 0 Å². The van der Waals surface area contributed by atoms with E-state index in [4.69, 9.17) is 0 Å². The average molecular weight is 330 g/mol. The van der Waals surface area contributed by atoms with E-state index in [0.29, 0.717) is 12.5 Å². The van der Waals surface area contributed by atoms with E-state index in [2.05, 4.69) is 34.3 Å². The van der Waals surface area contributed by atoms with Crippen molar-refractivity contribution >= 4 is 17.4 Å². The van der Waals surface area contributed by atoms with E-state index in [1.807, 2.05) is 22.7 Å². The summed E-state index contributed by atoms with van der Waals surface area (Å²) in [5, 5.41) is 6.12. The van der Waals surface area contributed by atoms with Crippen LogP contribution in [0.4, 0.5) is 4.79 Å². The summed E-state index contributed by atoms with van der Waals surface area (Å²) >= 11 is 1.65. The van der Waals surface area contributed by atoms with Gasteiger partial charge in [0.2, 0.25) is 0 Å². The van der Waals surface area contributed by atoms with Gasteiger partial charge in [-0.15, -0.1) is 11.3 Å². The summed E-state index contributed by atoms with van der Waals surface area (Å²) in [5.74, 6) is 0.535. The number of piperidine rings is 1. The molecule has 0 aliphatic carbocycles. The van der Waals surface area contributed by atoms with E-state index in [-0.39, 0.29) is 6.03 Å². The zero-order chi connectivity index (χ0) is 16.1. The van der Waals surface area contributed by atoms with Crippen LogP contribution < -0.4 is 5.32 Å². The van der Waals surface area contributed by atoms with Crippen LogP contribution in [0.15, 0.2) is 29.9 Å². The summed E-state index contributed by atoms with van der Waals surface area (Å²) in [5.41, 5.74) is 2.28. The maximum absolute atomic E-state index is 12.3. The molecular formula is C17H22N4OS. The van der Waals surface area contributed by atoms with Crippen molar-refractivity contribution in [1.82, 2.24) is 20.2 Å². The molecule has 1 fully saturated rings. The van der Waals surface area contributed by atoms with Crippen LogP contribution >= 0.6 is 11.3 Å². The first-order valence-electron chi connectivity index (χ1n) is 8.12. The molecule has 0 atom stereocenters. The second-order valence-electron chi connectivity index (χ2n) is 5.79. The Hall–Kier alpha value is -1.95. The number of carbonyl (C=O) groups is 1. The van der Waals surface area contributed by atoms with Crippen molar-refractivity contribution in [3.05, 3.63) is 46.2 Å². The molecule has 3 rings (SSSR count). The molecule has 2 aromatic heterocycles. The third-order valence-electron chi connectivity index (χ3n) is 4.28. The molecule has 0 aromatic carbocycles. The van der Waals surface area contributed by atoms with Gasteiger partial charge in [0, 0.05) is 30.9 Å². The molecule has 6 heteroatoms. The normalized spacial score (nSPS) is 15.6. The third kappa shape index (κ3) is 4.07. The number of nitrogens with zero attached hydrogens (tertiary/aromatic N) is 3. The lowest BCUT2D eigenvalue weighted by Crippen LogP contribution is -2.43. The molecule has 2 amide bonds. The number of pyridine rings is 1. The summed E-state index contributed by atoms with van der Waals surface area (Å²) in [6.45, 7) is 4.21. The highest BCUT2D eigenvalue weighted by molar-refractivity contribution is 7.09. The Morgan fingerprint density at radius 2 is 2.09 bits per heavy atom. The minimum atomic E-state index is 0.0178. The van der Waals surface area contributed by atoms with Gasteiger partial charge in [-0.05, 0) is 42.9 Å². The summed E-state index contributed by atoms with van der Waals surface area (Å²) in [7, 11) is 0. The van der Waals surface area contributed by atoms with Crippen LogP contribution in [0.2, 0.25) is 0 Å². The molecule has 0 spiro atoms. The Kier molecular flexibility index (Phi) is 5.23. The smallest absolute Gasteiger partial charge is 0.317 e. The highest BCUT2D eigenvalue weighted by atomic mass is 32.1. The van der Waals surface area contributed by atoms with Crippen LogP contribution in [0.25, 0.3) is 0 Å². The maximum atomic E-state index is 12.3. The molecule has 1 N–H and O–H groups in total. The van der Waals surface area contributed by atoms with Gasteiger partial charge in [-0.1, -0.05) is 6.92 Å². The average Bonchev–Trinajstić information content (AvgIpc) is 3.09. The number of rotatable bonds is 4. The Bertz CT molecular complexity index is 635. The molecule has 0 saturated carbocycles. The highest BCUT2D eigenvalue weighted by Crippen LogP contribution is 2.27. The third-order valence-corrected chi connectivity index (χ3v) is 5.32. The van der Waals surface area contributed by atoms with Crippen molar-refractivity contribution in [3.63, 3.8) is 0 Å². The summed E-state index contributed by atoms with van der Waals surface area (Å²) in [6, 6.07) is 4.17. The van der Waals surface area contributed by atoms with E-state index in [9.17, 15) is 4.79 Å². The van der Waals surface area contributed by atoms with Crippen LogP contribution in [0.1, 0.15) is 41.9 Å². The number of urea groups is 1. The second-order valence-corrected chi connectivity index (χ2v) is 6.73. The fourth-order valence-electron chi connectivity index (χ4n) is 2.92. The van der Waals surface area contributed by atoms with E-state index >= 15 is 0 Å². The zero-order valence-electron chi connectivity index (χ0n) is 13.4. The number of aromatic nitrogens is 2. The predicted molar refractivity (Wildman–Crippen MR) is 91.5 cm³/mol. The number of amides is 2. The molecule has 23 heavy (non-hydrogen) atoms. The lowest BCUT2D eigenvalue weighted by molar-refractivity contribution is 0.181. The molecule has 5 nitrogen and oxygen atoms in total. The quantitative estimate of drug-likeness (QED) is 0.936. The molecule has 3 heterocycles. The monoisotopic (exact) mass is 330 g/mol. The molecule has 1 saturated heterocycles. The minimum absolute atomic E-state index is 0.0178. The maximum Gasteiger partial charge on any atom is 0.317 e. The standard InChI is InChI=1S/C17H22N4OS/c1-2-16-20-15(12-23-16)11-19-17(22)21-9-5-14(6-10-21)13-3-7-18-8-4-13/h3-4,7-8,12,14H,2,5-6,9-11H2,1H3,(H,19,22). The molecular weight excluding hydrogens is 308 g/mol. The highest BCUT2D eigenvalue weighted by Gasteiger charge is 2.23. The molecule has 1 aliphatic heterocycles. The SMILES string of the molecule is CCc1nc(CNC(=O)N2CCC(c3ccncc3)CC2)cs1. The fraction of sp³-hybridized carbons (Fsp3) is 0.471. The number of nitrogens with one attached hydrogen (secondary N) is 1. The molecule has 0 radical (unpaired) electrons. The van der Waals surface area contributed by atoms with Gasteiger partial charge < -0.3 is 10.2 Å². The first-order chi connectivity index (χ1) is 11.3. The molecule has 122 valence electrons. The predicted octanol–water partition coefficient (Wildman–Crippen LogP) is 3.19. The second kappa shape index (κ2) is 7.55. The number of carbonyl (C=O) groups excluding carboxylic acids is 1. The van der Waals surface area contributed by atoms with Gasteiger partial charge in [0.15, 0.2) is 0 Å². The first kappa shape index (κ1) is 15.9. The fourth-order valence-corrected chi connectivity index (χ4v) is 3.67. The van der Waals surface area contributed by atoms with Gasteiger partial charge in [-0.25, -0.2) is 9.78 Å². The molecule has 0 unspecified atom stereocenters. The van der Waals surface area contributed by atoms with Gasteiger partial charge in [-0.3, -0.25) is 4.98 Å². The van der Waals surface area contributed by atoms with E-state index in [1.165, 1.54) is 5.56 Å². The minimum Gasteiger partial charge on any atom is -0.332 e. The van der Waals surface area contributed by atoms with Crippen molar-refractivity contribution in [3.8, 4) is 0 Å². The van der Waals surface area contributed by atoms with Crippen LogP contribution in [0.3, 0.4) is 0 Å². The summed E-state index contributed by atoms with van der Waals surface area (Å²) in [6.07, 6.45) is 6.64. The van der Waals surface area contributed by atoms with Gasteiger partial charge in [0.25, 0.3) is 0 Å². The van der Waals surface area contributed by atoms with E-state index in [0.717, 1.165) is 43.1 Å². The number of aryl methyl sites for hydroxylation is 1. The van der Waals surface area contributed by atoms with Crippen LogP contribution in [0.5, 0.6) is 0 Å². The Balaban J connectivity index is 1.46. The summed E-state index contributed by atoms with van der Waals surface area (Å²) in [4.78, 5) is 22.7. The lowest BCUT2D eigenvalue weighted by Gasteiger charge is -2.32. The number of likely N-dealkylation sites (tertiary alicyclic amines) is 1. The van der Waals surface area contributed by atoms with Crippen molar-refractivity contribution in [2.45, 2.75) is 38.6 Å². The van der Waals surface area contributed by atoms with Gasteiger partial charge in [-0.2, -0.15) is 0 Å². The van der Waals surface area contributed by atoms with E-state index in [1.54, 1.807) is 11.3 Å². The van der Waals surface area contributed by atoms with Gasteiger partial charge in [0.1, 0.15) is 0 Å². The Labute approximate surface area is 140 Å². The van der Waals surface area contributed by atoms with Crippen LogP contribution in [-0.4, -0.2) is 34.0 Å². The Morgan fingerprint density at radius 3 is 2.74 bits per heavy atom. The zero-order valence-corrected chi connectivity index (χ0v) is 14.2. The largest absolute Gasteiger partial charge is 0.332 e. The van der Waals surface area contributed by atoms with Crippen LogP contribution in [-0.2, 0) is 13.0 Å². The molecule has 1 aliphatic rings. The van der Waals surface area contributed by atoms with Crippen molar-refractivity contribution in [2.75, 3.05) is 13.1 Å². The topological polar surface area (TPSA) is 58.1 Å². The Morgan fingerprint density at radius 1 is 1.35 bits per heavy atom.